The van der Waals surface area contributed by atoms with E-state index in [0.717, 1.165) is 0 Å². The fourth-order valence-corrected chi connectivity index (χ4v) is 3.61. The summed E-state index contributed by atoms with van der Waals surface area (Å²) in [5.41, 5.74) is 8.88. The van der Waals surface area contributed by atoms with E-state index in [1.54, 1.807) is 0 Å². The van der Waals surface area contributed by atoms with Crippen LogP contribution in [0, 0.1) is 26.2 Å². The van der Waals surface area contributed by atoms with Crippen molar-refractivity contribution in [1.29, 1.82) is 0 Å². The molecule has 1 fully saturated rings. The zero-order valence-corrected chi connectivity index (χ0v) is 12.8. The zero-order valence-electron chi connectivity index (χ0n) is 12.8. The van der Waals surface area contributed by atoms with Gasteiger partial charge in [-0.25, -0.2) is 0 Å². The Morgan fingerprint density at radius 3 is 2.16 bits per heavy atom. The molecule has 1 unspecified atom stereocenters. The van der Waals surface area contributed by atoms with Crippen molar-refractivity contribution in [2.24, 2.45) is 11.3 Å². The summed E-state index contributed by atoms with van der Waals surface area (Å²) in [6, 6.07) is 4.89. The Hall–Kier alpha value is -0.860. The molecular formula is C17H28N2. The lowest BCUT2D eigenvalue weighted by molar-refractivity contribution is 0.144. The van der Waals surface area contributed by atoms with Gasteiger partial charge in [0, 0.05) is 0 Å². The van der Waals surface area contributed by atoms with Crippen LogP contribution >= 0.6 is 0 Å². The second-order valence-corrected chi connectivity index (χ2v) is 6.61. The molecule has 1 aromatic carbocycles. The molecule has 0 amide bonds. The van der Waals surface area contributed by atoms with Crippen LogP contribution in [0.2, 0.25) is 0 Å². The zero-order chi connectivity index (χ0) is 14.0. The number of aryl methyl sites for hydroxylation is 3. The van der Waals surface area contributed by atoms with E-state index >= 15 is 0 Å². The van der Waals surface area contributed by atoms with Crippen LogP contribution in [0.4, 0.5) is 0 Å². The third-order valence-electron chi connectivity index (χ3n) is 5.05. The van der Waals surface area contributed by atoms with Gasteiger partial charge >= 0.3 is 0 Å². The van der Waals surface area contributed by atoms with Gasteiger partial charge in [0.25, 0.3) is 0 Å². The lowest BCUT2D eigenvalue weighted by Crippen LogP contribution is -2.41. The van der Waals surface area contributed by atoms with E-state index < -0.39 is 0 Å². The monoisotopic (exact) mass is 260 g/mol. The minimum Gasteiger partial charge on any atom is -0.271 e. The molecular weight excluding hydrogens is 232 g/mol. The topological polar surface area (TPSA) is 38.0 Å². The fourth-order valence-electron chi connectivity index (χ4n) is 3.61. The molecule has 0 spiro atoms. The van der Waals surface area contributed by atoms with Gasteiger partial charge in [-0.05, 0) is 61.3 Å². The van der Waals surface area contributed by atoms with Crippen LogP contribution in [0.1, 0.15) is 67.3 Å². The second-order valence-electron chi connectivity index (χ2n) is 6.61. The average molecular weight is 260 g/mol. The Balaban J connectivity index is 2.39. The van der Waals surface area contributed by atoms with Crippen LogP contribution in [0.3, 0.4) is 0 Å². The van der Waals surface area contributed by atoms with E-state index in [-0.39, 0.29) is 6.04 Å². The normalized spacial score (nSPS) is 20.3. The van der Waals surface area contributed by atoms with Crippen LogP contribution in [-0.2, 0) is 0 Å². The molecule has 106 valence electrons. The number of hydrogen-bond donors (Lipinski definition) is 2. The molecule has 0 aromatic heterocycles. The maximum Gasteiger partial charge on any atom is 0.0516 e. The summed E-state index contributed by atoms with van der Waals surface area (Å²) >= 11 is 0. The second kappa shape index (κ2) is 5.64. The number of nitrogens with two attached hydrogens (primary N) is 1. The smallest absolute Gasteiger partial charge is 0.0516 e. The maximum atomic E-state index is 5.93. The number of hydrogen-bond acceptors (Lipinski definition) is 2. The van der Waals surface area contributed by atoms with Crippen molar-refractivity contribution in [2.45, 2.75) is 65.8 Å². The van der Waals surface area contributed by atoms with Crippen molar-refractivity contribution in [3.05, 3.63) is 34.4 Å². The molecule has 2 rings (SSSR count). The first-order valence-corrected chi connectivity index (χ1v) is 7.52. The van der Waals surface area contributed by atoms with Crippen LogP contribution in [0.25, 0.3) is 0 Å². The van der Waals surface area contributed by atoms with Crippen molar-refractivity contribution in [3.8, 4) is 0 Å². The SMILES string of the molecule is Cc1cc(C)c(C(NN)C2(C)CCCCC2)cc1C. The number of nitrogens with one attached hydrogen (secondary N) is 1. The van der Waals surface area contributed by atoms with Crippen LogP contribution in [0.15, 0.2) is 12.1 Å². The fraction of sp³-hybridized carbons (Fsp3) is 0.647. The summed E-state index contributed by atoms with van der Waals surface area (Å²) in [4.78, 5) is 0. The molecule has 0 bridgehead atoms. The van der Waals surface area contributed by atoms with Crippen molar-refractivity contribution in [1.82, 2.24) is 5.43 Å². The van der Waals surface area contributed by atoms with Gasteiger partial charge in [0.1, 0.15) is 0 Å². The third kappa shape index (κ3) is 2.85. The predicted octanol–water partition coefficient (Wildman–Crippen LogP) is 4.09. The lowest BCUT2D eigenvalue weighted by atomic mass is 9.68. The summed E-state index contributed by atoms with van der Waals surface area (Å²) < 4.78 is 0. The quantitative estimate of drug-likeness (QED) is 0.634. The molecule has 1 saturated carbocycles. The highest BCUT2D eigenvalue weighted by molar-refractivity contribution is 5.39. The molecule has 1 aromatic rings. The Labute approximate surface area is 117 Å². The first kappa shape index (κ1) is 14.5. The highest BCUT2D eigenvalue weighted by atomic mass is 15.2. The van der Waals surface area contributed by atoms with Crippen molar-refractivity contribution >= 4 is 0 Å². The van der Waals surface area contributed by atoms with E-state index in [1.165, 1.54) is 54.4 Å². The molecule has 1 aliphatic carbocycles. The summed E-state index contributed by atoms with van der Waals surface area (Å²) in [5.74, 6) is 5.93. The highest BCUT2D eigenvalue weighted by Gasteiger charge is 2.36. The Morgan fingerprint density at radius 2 is 1.58 bits per heavy atom. The van der Waals surface area contributed by atoms with Crippen molar-refractivity contribution in [2.75, 3.05) is 0 Å². The average Bonchev–Trinajstić information content (AvgIpc) is 2.37. The third-order valence-corrected chi connectivity index (χ3v) is 5.05. The number of hydrazine groups is 1. The summed E-state index contributed by atoms with van der Waals surface area (Å²) in [5, 5.41) is 0. The summed E-state index contributed by atoms with van der Waals surface area (Å²) in [6.07, 6.45) is 6.58. The van der Waals surface area contributed by atoms with E-state index in [4.69, 9.17) is 5.84 Å². The van der Waals surface area contributed by atoms with Gasteiger partial charge in [0.05, 0.1) is 6.04 Å². The lowest BCUT2D eigenvalue weighted by Gasteiger charge is -2.41. The molecule has 1 atom stereocenters. The maximum absolute atomic E-state index is 5.93. The number of rotatable bonds is 3. The van der Waals surface area contributed by atoms with E-state index in [1.807, 2.05) is 0 Å². The molecule has 0 saturated heterocycles. The van der Waals surface area contributed by atoms with Gasteiger partial charge in [-0.15, -0.1) is 0 Å². The van der Waals surface area contributed by atoms with Gasteiger partial charge in [-0.3, -0.25) is 11.3 Å². The Bertz CT molecular complexity index is 445. The van der Waals surface area contributed by atoms with Crippen molar-refractivity contribution in [3.63, 3.8) is 0 Å². The van der Waals surface area contributed by atoms with Gasteiger partial charge in [-0.1, -0.05) is 38.3 Å². The van der Waals surface area contributed by atoms with Gasteiger partial charge in [-0.2, -0.15) is 0 Å². The Morgan fingerprint density at radius 1 is 1.00 bits per heavy atom. The standard InChI is InChI=1S/C17H28N2/c1-12-10-14(3)15(11-13(12)2)16(19-18)17(4)8-6-5-7-9-17/h10-11,16,19H,5-9,18H2,1-4H3. The molecule has 2 heteroatoms. The van der Waals surface area contributed by atoms with E-state index in [9.17, 15) is 0 Å². The Kier molecular flexibility index (Phi) is 4.32. The van der Waals surface area contributed by atoms with Crippen LogP contribution in [0.5, 0.6) is 0 Å². The minimum atomic E-state index is 0.270. The van der Waals surface area contributed by atoms with Crippen LogP contribution < -0.4 is 11.3 Å². The largest absolute Gasteiger partial charge is 0.271 e. The summed E-state index contributed by atoms with van der Waals surface area (Å²) in [6.45, 7) is 8.97. The molecule has 0 heterocycles. The van der Waals surface area contributed by atoms with Gasteiger partial charge < -0.3 is 0 Å². The van der Waals surface area contributed by atoms with E-state index in [0.29, 0.717) is 5.41 Å². The molecule has 0 aliphatic heterocycles. The first-order valence-electron chi connectivity index (χ1n) is 7.52. The predicted molar refractivity (Wildman–Crippen MR) is 81.9 cm³/mol. The summed E-state index contributed by atoms with van der Waals surface area (Å²) in [7, 11) is 0. The minimum absolute atomic E-state index is 0.270. The highest BCUT2D eigenvalue weighted by Crippen LogP contribution is 2.46. The molecule has 1 aliphatic rings. The molecule has 0 radical (unpaired) electrons. The van der Waals surface area contributed by atoms with E-state index in [2.05, 4.69) is 45.3 Å². The van der Waals surface area contributed by atoms with Gasteiger partial charge in [0.2, 0.25) is 0 Å². The van der Waals surface area contributed by atoms with Gasteiger partial charge in [0.15, 0.2) is 0 Å². The first-order chi connectivity index (χ1) is 8.98. The van der Waals surface area contributed by atoms with Crippen molar-refractivity contribution < 1.29 is 0 Å². The number of benzene rings is 1. The molecule has 2 nitrogen and oxygen atoms in total. The molecule has 3 N–H and O–H groups in total. The van der Waals surface area contributed by atoms with Crippen LogP contribution in [-0.4, -0.2) is 0 Å². The molecule has 19 heavy (non-hydrogen) atoms.